The molecule has 0 amide bonds. The summed E-state index contributed by atoms with van der Waals surface area (Å²) in [6.07, 6.45) is 0. The summed E-state index contributed by atoms with van der Waals surface area (Å²) in [7, 11) is 0. The third-order valence-corrected chi connectivity index (χ3v) is 11.6. The fraction of sp³-hybridized carbons (Fsp3) is 0.0870. The molecule has 7 aromatic rings. The molecule has 0 saturated heterocycles. The number of rotatable bonds is 3. The van der Waals surface area contributed by atoms with E-state index in [1.807, 2.05) is 0 Å². The van der Waals surface area contributed by atoms with E-state index < -0.39 is 0 Å². The first-order valence-electron chi connectivity index (χ1n) is 16.7. The van der Waals surface area contributed by atoms with Gasteiger partial charge < -0.3 is 4.90 Å². The summed E-state index contributed by atoms with van der Waals surface area (Å²) in [4.78, 5) is 2.46. The molecule has 0 aliphatic heterocycles. The molecule has 0 aromatic heterocycles. The quantitative estimate of drug-likeness (QED) is 0.196. The van der Waals surface area contributed by atoms with Crippen LogP contribution in [0.1, 0.15) is 47.2 Å². The second-order valence-corrected chi connectivity index (χ2v) is 14.1. The molecule has 47 heavy (non-hydrogen) atoms. The third-order valence-electron chi connectivity index (χ3n) is 11.6. The Kier molecular flexibility index (Phi) is 4.66. The van der Waals surface area contributed by atoms with Crippen molar-refractivity contribution in [1.82, 2.24) is 0 Å². The van der Waals surface area contributed by atoms with Crippen molar-refractivity contribution < 1.29 is 0 Å². The Labute approximate surface area is 275 Å². The van der Waals surface area contributed by atoms with Crippen molar-refractivity contribution in [2.45, 2.75) is 24.7 Å². The highest BCUT2D eigenvalue weighted by Crippen LogP contribution is 2.70. The Hall–Kier alpha value is -5.66. The molecule has 4 aliphatic carbocycles. The van der Waals surface area contributed by atoms with Crippen LogP contribution in [0.25, 0.3) is 44.5 Å². The lowest BCUT2D eigenvalue weighted by molar-refractivity contribution is 0.660. The number of hydrogen-bond donors (Lipinski definition) is 0. The predicted octanol–water partition coefficient (Wildman–Crippen LogP) is 11.8. The molecule has 0 bridgehead atoms. The summed E-state index contributed by atoms with van der Waals surface area (Å²) < 4.78 is 0. The highest BCUT2D eigenvalue weighted by atomic mass is 15.1. The van der Waals surface area contributed by atoms with Crippen LogP contribution in [0.15, 0.2) is 152 Å². The second-order valence-electron chi connectivity index (χ2n) is 14.1. The number of fused-ring (bicyclic) bond motifs is 8. The third kappa shape index (κ3) is 2.93. The lowest BCUT2D eigenvalue weighted by atomic mass is 9.73. The molecule has 1 unspecified atom stereocenters. The largest absolute Gasteiger partial charge is 0.310 e. The van der Waals surface area contributed by atoms with Gasteiger partial charge in [-0.05, 0) is 114 Å². The van der Waals surface area contributed by atoms with Crippen LogP contribution in [0.2, 0.25) is 0 Å². The van der Waals surface area contributed by atoms with Gasteiger partial charge in [-0.25, -0.2) is 0 Å². The number of benzene rings is 7. The van der Waals surface area contributed by atoms with E-state index in [2.05, 4.69) is 170 Å². The minimum Gasteiger partial charge on any atom is -0.310 e. The molecule has 0 radical (unpaired) electrons. The van der Waals surface area contributed by atoms with E-state index in [9.17, 15) is 0 Å². The molecule has 1 nitrogen and oxygen atoms in total. The van der Waals surface area contributed by atoms with Gasteiger partial charge in [0.05, 0.1) is 5.41 Å². The van der Waals surface area contributed by atoms with Gasteiger partial charge in [0, 0.05) is 22.5 Å². The normalized spacial score (nSPS) is 17.4. The summed E-state index contributed by atoms with van der Waals surface area (Å²) in [6, 6.07) is 57.1. The maximum absolute atomic E-state index is 2.51. The van der Waals surface area contributed by atoms with E-state index in [4.69, 9.17) is 0 Å². The summed E-state index contributed by atoms with van der Waals surface area (Å²) in [5.41, 5.74) is 22.6. The van der Waals surface area contributed by atoms with Crippen LogP contribution < -0.4 is 4.90 Å². The van der Waals surface area contributed by atoms with Crippen LogP contribution in [-0.4, -0.2) is 0 Å². The van der Waals surface area contributed by atoms with Crippen LogP contribution >= 0.6 is 0 Å². The molecule has 0 N–H and O–H groups in total. The average molecular weight is 598 g/mol. The topological polar surface area (TPSA) is 3.24 Å². The Balaban J connectivity index is 1.18. The monoisotopic (exact) mass is 597 g/mol. The Bertz CT molecular complexity index is 2460. The van der Waals surface area contributed by atoms with E-state index >= 15 is 0 Å². The van der Waals surface area contributed by atoms with Gasteiger partial charge in [-0.3, -0.25) is 0 Å². The highest BCUT2D eigenvalue weighted by Gasteiger charge is 2.57. The molecule has 0 fully saturated rings. The number of nitrogens with zero attached hydrogens (tertiary/aromatic N) is 1. The molecule has 0 saturated carbocycles. The molecule has 1 heteroatoms. The molecule has 1 atom stereocenters. The minimum atomic E-state index is -0.302. The first-order chi connectivity index (χ1) is 23.1. The first kappa shape index (κ1) is 25.5. The van der Waals surface area contributed by atoms with Crippen LogP contribution in [0, 0.1) is 0 Å². The van der Waals surface area contributed by atoms with E-state index in [1.54, 1.807) is 0 Å². The van der Waals surface area contributed by atoms with Crippen LogP contribution in [0.3, 0.4) is 0 Å². The lowest BCUT2D eigenvalue weighted by Gasteiger charge is -2.31. The fourth-order valence-electron chi connectivity index (χ4n) is 9.74. The van der Waals surface area contributed by atoms with E-state index in [0.29, 0.717) is 0 Å². The van der Waals surface area contributed by atoms with Gasteiger partial charge >= 0.3 is 0 Å². The zero-order valence-electron chi connectivity index (χ0n) is 26.4. The van der Waals surface area contributed by atoms with Gasteiger partial charge in [0.25, 0.3) is 0 Å². The van der Waals surface area contributed by atoms with Crippen molar-refractivity contribution in [2.75, 3.05) is 4.90 Å². The summed E-state index contributed by atoms with van der Waals surface area (Å²) in [6.45, 7) is 4.73. The average Bonchev–Trinajstić information content (AvgIpc) is 3.78. The maximum atomic E-state index is 2.51. The van der Waals surface area contributed by atoms with Crippen molar-refractivity contribution in [3.05, 3.63) is 185 Å². The van der Waals surface area contributed by atoms with Crippen molar-refractivity contribution >= 4 is 17.1 Å². The van der Waals surface area contributed by atoms with Gasteiger partial charge in [-0.2, -0.15) is 0 Å². The van der Waals surface area contributed by atoms with Crippen LogP contribution in [0.5, 0.6) is 0 Å². The molecule has 1 spiro atoms. The summed E-state index contributed by atoms with van der Waals surface area (Å²) in [5, 5.41) is 0. The Morgan fingerprint density at radius 1 is 0.340 bits per heavy atom. The zero-order chi connectivity index (χ0) is 31.1. The number of hydrogen-bond acceptors (Lipinski definition) is 1. The van der Waals surface area contributed by atoms with Crippen molar-refractivity contribution in [3.63, 3.8) is 0 Å². The highest BCUT2D eigenvalue weighted by molar-refractivity contribution is 6.06. The van der Waals surface area contributed by atoms with Crippen molar-refractivity contribution in [2.24, 2.45) is 0 Å². The van der Waals surface area contributed by atoms with E-state index in [1.165, 1.54) is 89.3 Å². The minimum absolute atomic E-state index is 0.0727. The van der Waals surface area contributed by atoms with Gasteiger partial charge in [-0.1, -0.05) is 129 Å². The van der Waals surface area contributed by atoms with Gasteiger partial charge in [-0.15, -0.1) is 0 Å². The fourth-order valence-corrected chi connectivity index (χ4v) is 9.74. The molecule has 7 aromatic carbocycles. The lowest BCUT2D eigenvalue weighted by Crippen LogP contribution is -2.23. The van der Waals surface area contributed by atoms with E-state index in [0.717, 1.165) is 5.69 Å². The molecule has 11 rings (SSSR count). The standard InChI is InChI=1S/C46H31N/c1-45(2)39-20-8-6-14-31(39)33-24-22-29(26-41(33)45)47(28-12-4-3-5-13-28)30-23-25-34-36-17-11-19-38-37-18-10-16-35-32-15-7-9-21-40(32)46(43(35)37,44(36)38)42(34)27-30/h3-27H,1-2H3. The van der Waals surface area contributed by atoms with Crippen LogP contribution in [0.4, 0.5) is 17.1 Å². The molecule has 4 aliphatic rings. The molecular weight excluding hydrogens is 567 g/mol. The van der Waals surface area contributed by atoms with Crippen molar-refractivity contribution in [3.8, 4) is 44.5 Å². The predicted molar refractivity (Wildman–Crippen MR) is 194 cm³/mol. The van der Waals surface area contributed by atoms with Crippen molar-refractivity contribution in [1.29, 1.82) is 0 Å². The van der Waals surface area contributed by atoms with E-state index in [-0.39, 0.29) is 10.8 Å². The second kappa shape index (κ2) is 8.57. The summed E-state index contributed by atoms with van der Waals surface area (Å²) >= 11 is 0. The zero-order valence-corrected chi connectivity index (χ0v) is 26.4. The van der Waals surface area contributed by atoms with Gasteiger partial charge in [0.1, 0.15) is 0 Å². The van der Waals surface area contributed by atoms with Gasteiger partial charge in [0.2, 0.25) is 0 Å². The van der Waals surface area contributed by atoms with Gasteiger partial charge in [0.15, 0.2) is 0 Å². The molecule has 220 valence electrons. The number of para-hydroxylation sites is 1. The maximum Gasteiger partial charge on any atom is 0.0738 e. The summed E-state index contributed by atoms with van der Waals surface area (Å²) in [5.74, 6) is 0. The SMILES string of the molecule is CC1(C)c2ccccc2-c2ccc(N(c3ccccc3)c3ccc4c(c3)C35c6ccccc6-c6cccc(c63)-c3cccc-4c35)cc21. The first-order valence-corrected chi connectivity index (χ1v) is 16.7. The number of anilines is 3. The van der Waals surface area contributed by atoms with Crippen LogP contribution in [-0.2, 0) is 10.8 Å². The molecular formula is C46H31N. The Morgan fingerprint density at radius 3 is 1.43 bits per heavy atom. The Morgan fingerprint density at radius 2 is 0.787 bits per heavy atom. The smallest absolute Gasteiger partial charge is 0.0738 e. The molecule has 0 heterocycles.